The summed E-state index contributed by atoms with van der Waals surface area (Å²) in [5.74, 6) is 0. The number of nitrogens with one attached hydrogen (secondary N) is 3. The molecule has 0 aliphatic heterocycles. The Bertz CT molecular complexity index is 847. The van der Waals surface area contributed by atoms with Crippen molar-refractivity contribution >= 4 is 27.4 Å². The maximum Gasteiger partial charge on any atom is 1.00 e. The number of anilines is 2. The zero-order chi connectivity index (χ0) is 17.7. The van der Waals surface area contributed by atoms with Crippen molar-refractivity contribution in [2.75, 3.05) is 5.32 Å². The number of hydrogen-bond acceptors (Lipinski definition) is 5. The summed E-state index contributed by atoms with van der Waals surface area (Å²) < 4.78 is 26.9. The second kappa shape index (κ2) is 8.90. The molecule has 130 valence electrons. The van der Waals surface area contributed by atoms with E-state index in [-0.39, 0.29) is 31.2 Å². The largest absolute Gasteiger partial charge is 1.00 e. The van der Waals surface area contributed by atoms with Crippen LogP contribution in [0, 0.1) is 6.92 Å². The van der Waals surface area contributed by atoms with Crippen LogP contribution in [0.1, 0.15) is 20.8 Å². The summed E-state index contributed by atoms with van der Waals surface area (Å²) in [5.41, 5.74) is 2.11. The van der Waals surface area contributed by atoms with Gasteiger partial charge in [0, 0.05) is 24.1 Å². The number of sulfonamides is 1. The van der Waals surface area contributed by atoms with E-state index in [4.69, 9.17) is 0 Å². The van der Waals surface area contributed by atoms with Gasteiger partial charge in [0.1, 0.15) is 4.90 Å². The van der Waals surface area contributed by atoms with Crippen LogP contribution in [-0.2, 0) is 10.0 Å². The molecule has 0 aliphatic rings. The summed E-state index contributed by atoms with van der Waals surface area (Å²) in [6.45, 7) is 5.41. The fourth-order valence-electron chi connectivity index (χ4n) is 2.04. The second-order valence-corrected chi connectivity index (χ2v) is 7.25. The van der Waals surface area contributed by atoms with Crippen LogP contribution in [0.3, 0.4) is 0 Å². The number of aryl methyl sites for hydroxylation is 1. The molecule has 1 heterocycles. The average Bonchev–Trinajstić information content (AvgIpc) is 2.46. The van der Waals surface area contributed by atoms with E-state index < -0.39 is 16.1 Å². The van der Waals surface area contributed by atoms with Crippen LogP contribution in [-0.4, -0.2) is 25.5 Å². The van der Waals surface area contributed by atoms with Gasteiger partial charge in [0.05, 0.1) is 5.69 Å². The Labute approximate surface area is 161 Å². The van der Waals surface area contributed by atoms with E-state index in [0.29, 0.717) is 5.69 Å². The van der Waals surface area contributed by atoms with Crippen molar-refractivity contribution in [2.24, 2.45) is 0 Å². The SMILES string of the molecule is Cc1cccc(Nc2ccncc2S(=O)(=O)NC(=O)NC(C)C)c1.[H-].[Li+]. The van der Waals surface area contributed by atoms with Crippen molar-refractivity contribution in [2.45, 2.75) is 31.7 Å². The number of amides is 2. The Morgan fingerprint density at radius 1 is 1.24 bits per heavy atom. The third-order valence-corrected chi connectivity index (χ3v) is 4.38. The van der Waals surface area contributed by atoms with E-state index in [2.05, 4.69) is 15.6 Å². The first-order valence-electron chi connectivity index (χ1n) is 7.39. The Morgan fingerprint density at radius 2 is 1.96 bits per heavy atom. The topological polar surface area (TPSA) is 100 Å². The van der Waals surface area contributed by atoms with Gasteiger partial charge < -0.3 is 12.1 Å². The number of pyridine rings is 1. The number of benzene rings is 1. The molecular weight excluding hydrogens is 335 g/mol. The Kier molecular flexibility index (Phi) is 7.49. The average molecular weight is 356 g/mol. The van der Waals surface area contributed by atoms with Crippen molar-refractivity contribution in [1.29, 1.82) is 0 Å². The third kappa shape index (κ3) is 6.09. The molecule has 0 bridgehead atoms. The van der Waals surface area contributed by atoms with Gasteiger partial charge in [-0.2, -0.15) is 0 Å². The molecule has 1 aromatic heterocycles. The molecule has 0 radical (unpaired) electrons. The van der Waals surface area contributed by atoms with Crippen LogP contribution in [0.2, 0.25) is 0 Å². The van der Waals surface area contributed by atoms with Crippen molar-refractivity contribution in [1.82, 2.24) is 15.0 Å². The molecule has 9 heteroatoms. The van der Waals surface area contributed by atoms with Gasteiger partial charge >= 0.3 is 24.9 Å². The normalized spacial score (nSPS) is 10.7. The maximum atomic E-state index is 12.5. The van der Waals surface area contributed by atoms with Crippen LogP contribution in [0.5, 0.6) is 0 Å². The van der Waals surface area contributed by atoms with E-state index in [9.17, 15) is 13.2 Å². The van der Waals surface area contributed by atoms with E-state index in [1.165, 1.54) is 18.5 Å². The number of carbonyl (C=O) groups excluding carboxylic acids is 1. The Hall–Kier alpha value is -2.01. The molecule has 0 spiro atoms. The second-order valence-electron chi connectivity index (χ2n) is 5.60. The zero-order valence-corrected chi connectivity index (χ0v) is 15.5. The number of urea groups is 1. The van der Waals surface area contributed by atoms with E-state index >= 15 is 0 Å². The number of hydrogen-bond donors (Lipinski definition) is 3. The molecule has 2 rings (SSSR count). The van der Waals surface area contributed by atoms with Gasteiger partial charge in [-0.05, 0) is 44.5 Å². The summed E-state index contributed by atoms with van der Waals surface area (Å²) in [4.78, 5) is 15.5. The zero-order valence-electron chi connectivity index (χ0n) is 15.7. The van der Waals surface area contributed by atoms with E-state index in [1.54, 1.807) is 13.8 Å². The van der Waals surface area contributed by atoms with Gasteiger partial charge in [-0.1, -0.05) is 12.1 Å². The Morgan fingerprint density at radius 3 is 2.60 bits per heavy atom. The molecule has 0 saturated carbocycles. The predicted molar refractivity (Wildman–Crippen MR) is 93.8 cm³/mol. The molecule has 7 nitrogen and oxygen atoms in total. The summed E-state index contributed by atoms with van der Waals surface area (Å²) in [6, 6.07) is 8.08. The fraction of sp³-hybridized carbons (Fsp3) is 0.250. The number of nitrogens with zero attached hydrogens (tertiary/aromatic N) is 1. The van der Waals surface area contributed by atoms with Crippen LogP contribution in [0.15, 0.2) is 47.6 Å². The minimum atomic E-state index is -4.05. The molecule has 0 unspecified atom stereocenters. The summed E-state index contributed by atoms with van der Waals surface area (Å²) in [5, 5.41) is 5.52. The molecule has 0 fully saturated rings. The molecule has 2 aromatic rings. The van der Waals surface area contributed by atoms with Gasteiger partial charge in [-0.25, -0.2) is 17.9 Å². The maximum absolute atomic E-state index is 12.5. The summed E-state index contributed by atoms with van der Waals surface area (Å²) in [6.07, 6.45) is 2.68. The molecule has 1 aromatic carbocycles. The molecule has 3 N–H and O–H groups in total. The van der Waals surface area contributed by atoms with Crippen molar-refractivity contribution in [3.63, 3.8) is 0 Å². The van der Waals surface area contributed by atoms with Gasteiger partial charge in [-0.15, -0.1) is 0 Å². The monoisotopic (exact) mass is 356 g/mol. The molecule has 25 heavy (non-hydrogen) atoms. The smallest absolute Gasteiger partial charge is 1.00 e. The molecule has 0 atom stereocenters. The Balaban J connectivity index is 0.00000312. The first-order valence-corrected chi connectivity index (χ1v) is 8.87. The van der Waals surface area contributed by atoms with Gasteiger partial charge in [0.25, 0.3) is 10.0 Å². The van der Waals surface area contributed by atoms with Crippen LogP contribution in [0.25, 0.3) is 0 Å². The molecular formula is C16H21LiN4O3S. The quantitative estimate of drug-likeness (QED) is 0.636. The van der Waals surface area contributed by atoms with Crippen LogP contribution in [0.4, 0.5) is 16.2 Å². The molecule has 2 amide bonds. The van der Waals surface area contributed by atoms with Gasteiger partial charge in [0.15, 0.2) is 0 Å². The van der Waals surface area contributed by atoms with Crippen LogP contribution >= 0.6 is 0 Å². The first-order chi connectivity index (χ1) is 11.3. The minimum Gasteiger partial charge on any atom is -1.00 e. The summed E-state index contributed by atoms with van der Waals surface area (Å²) >= 11 is 0. The van der Waals surface area contributed by atoms with Crippen molar-refractivity contribution in [3.05, 3.63) is 48.3 Å². The number of aromatic nitrogens is 1. The number of rotatable bonds is 5. The first kappa shape index (κ1) is 21.0. The third-order valence-electron chi connectivity index (χ3n) is 3.02. The standard InChI is InChI=1S/C16H20N4O3S.Li.H/c1-11(2)18-16(21)20-24(22,23)15-10-17-8-7-14(15)19-13-6-4-5-12(3)9-13;;/h4-11H,1-3H3,(H,17,19)(H2,18,20,21);;/q;+1;-1. The molecule has 0 saturated heterocycles. The number of carbonyl (C=O) groups is 1. The van der Waals surface area contributed by atoms with Gasteiger partial charge in [-0.3, -0.25) is 4.98 Å². The van der Waals surface area contributed by atoms with Crippen LogP contribution < -0.4 is 34.2 Å². The summed E-state index contributed by atoms with van der Waals surface area (Å²) in [7, 11) is -4.05. The van der Waals surface area contributed by atoms with E-state index in [0.717, 1.165) is 11.3 Å². The van der Waals surface area contributed by atoms with Gasteiger partial charge in [0.2, 0.25) is 0 Å². The fourth-order valence-corrected chi connectivity index (χ4v) is 3.07. The van der Waals surface area contributed by atoms with E-state index in [1.807, 2.05) is 35.9 Å². The predicted octanol–water partition coefficient (Wildman–Crippen LogP) is -0.354. The minimum absolute atomic E-state index is 0. The van der Waals surface area contributed by atoms with Crippen molar-refractivity contribution < 1.29 is 33.5 Å². The molecule has 0 aliphatic carbocycles. The van der Waals surface area contributed by atoms with Crippen molar-refractivity contribution in [3.8, 4) is 0 Å².